The van der Waals surface area contributed by atoms with Crippen LogP contribution in [0.4, 0.5) is 5.69 Å². The van der Waals surface area contributed by atoms with Gasteiger partial charge in [0.2, 0.25) is 0 Å². The Balaban J connectivity index is 2.17. The molecule has 0 spiro atoms. The van der Waals surface area contributed by atoms with Crippen molar-refractivity contribution >= 4 is 17.8 Å². The number of para-hydroxylation sites is 1. The van der Waals surface area contributed by atoms with Gasteiger partial charge in [-0.15, -0.1) is 0 Å². The van der Waals surface area contributed by atoms with Crippen molar-refractivity contribution in [1.82, 2.24) is 4.57 Å². The number of rotatable bonds is 1. The lowest BCUT2D eigenvalue weighted by molar-refractivity contribution is 0.0992. The van der Waals surface area contributed by atoms with Crippen molar-refractivity contribution in [2.45, 2.75) is 6.54 Å². The van der Waals surface area contributed by atoms with Gasteiger partial charge in [0.25, 0.3) is 5.91 Å². The minimum absolute atomic E-state index is 0.413. The maximum absolute atomic E-state index is 11.3. The number of nitrogens with two attached hydrogens (primary N) is 1. The minimum Gasteiger partial charge on any atom is -0.364 e. The molecule has 2 aromatic rings. The highest BCUT2D eigenvalue weighted by Gasteiger charge is 2.15. The highest BCUT2D eigenvalue weighted by atomic mass is 16.1. The molecule has 1 aliphatic rings. The SMILES string of the molecule is NC(=O)c1ccc2n1Cc1ccccc1N=C2. The van der Waals surface area contributed by atoms with Gasteiger partial charge in [-0.3, -0.25) is 9.79 Å². The zero-order valence-corrected chi connectivity index (χ0v) is 9.13. The predicted molar refractivity (Wildman–Crippen MR) is 65.7 cm³/mol. The molecule has 4 heteroatoms. The van der Waals surface area contributed by atoms with E-state index in [2.05, 4.69) is 4.99 Å². The van der Waals surface area contributed by atoms with Gasteiger partial charge in [0.1, 0.15) is 5.69 Å². The topological polar surface area (TPSA) is 60.4 Å². The molecule has 0 atom stereocenters. The van der Waals surface area contributed by atoms with E-state index in [0.717, 1.165) is 16.9 Å². The third kappa shape index (κ3) is 1.54. The molecule has 2 N–H and O–H groups in total. The predicted octanol–water partition coefficient (Wildman–Crippen LogP) is 1.70. The van der Waals surface area contributed by atoms with Crippen LogP contribution in [0, 0.1) is 0 Å². The second-order valence-electron chi connectivity index (χ2n) is 3.98. The molecular weight excluding hydrogens is 214 g/mol. The van der Waals surface area contributed by atoms with E-state index in [9.17, 15) is 4.79 Å². The van der Waals surface area contributed by atoms with Gasteiger partial charge in [0, 0.05) is 0 Å². The van der Waals surface area contributed by atoms with E-state index in [4.69, 9.17) is 5.73 Å². The third-order valence-electron chi connectivity index (χ3n) is 2.92. The lowest BCUT2D eigenvalue weighted by Crippen LogP contribution is -2.18. The molecule has 1 aliphatic heterocycles. The fourth-order valence-electron chi connectivity index (χ4n) is 2.06. The quantitative estimate of drug-likeness (QED) is 0.673. The minimum atomic E-state index is -0.413. The summed E-state index contributed by atoms with van der Waals surface area (Å²) in [5.74, 6) is -0.413. The highest BCUT2D eigenvalue weighted by molar-refractivity contribution is 5.94. The Morgan fingerprint density at radius 3 is 2.88 bits per heavy atom. The van der Waals surface area contributed by atoms with Crippen molar-refractivity contribution < 1.29 is 4.79 Å². The molecule has 84 valence electrons. The van der Waals surface area contributed by atoms with Crippen LogP contribution in [0.3, 0.4) is 0 Å². The number of aliphatic imine (C=N–C) groups is 1. The third-order valence-corrected chi connectivity index (χ3v) is 2.92. The van der Waals surface area contributed by atoms with Crippen molar-refractivity contribution in [2.24, 2.45) is 10.7 Å². The number of amides is 1. The van der Waals surface area contributed by atoms with Gasteiger partial charge in [-0.25, -0.2) is 0 Å². The van der Waals surface area contributed by atoms with Gasteiger partial charge in [-0.2, -0.15) is 0 Å². The number of primary amides is 1. The molecule has 0 unspecified atom stereocenters. The summed E-state index contributed by atoms with van der Waals surface area (Å²) in [6, 6.07) is 11.5. The number of fused-ring (bicyclic) bond motifs is 2. The standard InChI is InChI=1S/C13H11N3O/c14-13(17)12-6-5-10-7-15-11-4-2-1-3-9(11)8-16(10)12/h1-7H,8H2,(H2,14,17). The van der Waals surface area contributed by atoms with E-state index in [0.29, 0.717) is 12.2 Å². The first-order valence-electron chi connectivity index (χ1n) is 5.37. The maximum Gasteiger partial charge on any atom is 0.265 e. The van der Waals surface area contributed by atoms with Crippen molar-refractivity contribution in [3.05, 3.63) is 53.3 Å². The fourth-order valence-corrected chi connectivity index (χ4v) is 2.06. The van der Waals surface area contributed by atoms with Crippen LogP contribution >= 0.6 is 0 Å². The largest absolute Gasteiger partial charge is 0.364 e. The second kappa shape index (κ2) is 3.59. The number of hydrogen-bond donors (Lipinski definition) is 1. The van der Waals surface area contributed by atoms with Crippen LogP contribution in [0.25, 0.3) is 0 Å². The Bertz CT molecular complexity index is 625. The molecular formula is C13H11N3O. The van der Waals surface area contributed by atoms with Gasteiger partial charge in [-0.05, 0) is 23.8 Å². The lowest BCUT2D eigenvalue weighted by Gasteiger charge is -2.08. The Morgan fingerprint density at radius 1 is 1.24 bits per heavy atom. The van der Waals surface area contributed by atoms with E-state index in [1.165, 1.54) is 0 Å². The van der Waals surface area contributed by atoms with Crippen LogP contribution in [-0.2, 0) is 6.54 Å². The zero-order valence-electron chi connectivity index (χ0n) is 9.13. The first-order valence-corrected chi connectivity index (χ1v) is 5.37. The van der Waals surface area contributed by atoms with Gasteiger partial charge in [0.05, 0.1) is 24.1 Å². The van der Waals surface area contributed by atoms with Crippen molar-refractivity contribution in [1.29, 1.82) is 0 Å². The van der Waals surface area contributed by atoms with Crippen LogP contribution < -0.4 is 5.73 Å². The smallest absolute Gasteiger partial charge is 0.265 e. The summed E-state index contributed by atoms with van der Waals surface area (Å²) in [6.07, 6.45) is 1.76. The highest BCUT2D eigenvalue weighted by Crippen LogP contribution is 2.24. The first-order chi connectivity index (χ1) is 8.25. The summed E-state index contributed by atoms with van der Waals surface area (Å²) in [5, 5.41) is 0. The van der Waals surface area contributed by atoms with Gasteiger partial charge >= 0.3 is 0 Å². The molecule has 0 fully saturated rings. The van der Waals surface area contributed by atoms with Crippen LogP contribution in [0.2, 0.25) is 0 Å². The van der Waals surface area contributed by atoms with Crippen LogP contribution in [0.1, 0.15) is 21.7 Å². The Hall–Kier alpha value is -2.36. The van der Waals surface area contributed by atoms with E-state index < -0.39 is 5.91 Å². The molecule has 0 bridgehead atoms. The monoisotopic (exact) mass is 225 g/mol. The fraction of sp³-hybridized carbons (Fsp3) is 0.0769. The molecule has 1 aromatic carbocycles. The molecule has 17 heavy (non-hydrogen) atoms. The Morgan fingerprint density at radius 2 is 2.06 bits per heavy atom. The summed E-state index contributed by atoms with van der Waals surface area (Å²) in [5.41, 5.74) is 8.79. The van der Waals surface area contributed by atoms with Gasteiger partial charge in [-0.1, -0.05) is 18.2 Å². The van der Waals surface area contributed by atoms with Gasteiger partial charge < -0.3 is 10.3 Å². The number of nitrogens with zero attached hydrogens (tertiary/aromatic N) is 2. The molecule has 1 aromatic heterocycles. The number of benzene rings is 1. The van der Waals surface area contributed by atoms with Crippen molar-refractivity contribution in [3.63, 3.8) is 0 Å². The number of carbonyl (C=O) groups excluding carboxylic acids is 1. The maximum atomic E-state index is 11.3. The average molecular weight is 225 g/mol. The molecule has 0 aliphatic carbocycles. The van der Waals surface area contributed by atoms with Crippen LogP contribution in [-0.4, -0.2) is 16.7 Å². The Kier molecular flexibility index (Phi) is 2.08. The number of hydrogen-bond acceptors (Lipinski definition) is 2. The first kappa shape index (κ1) is 9.84. The summed E-state index contributed by atoms with van der Waals surface area (Å²) in [6.45, 7) is 0.622. The van der Waals surface area contributed by atoms with E-state index in [1.54, 1.807) is 12.3 Å². The number of aromatic nitrogens is 1. The average Bonchev–Trinajstić information content (AvgIpc) is 2.63. The Labute approximate surface area is 98.4 Å². The molecule has 0 radical (unpaired) electrons. The molecule has 1 amide bonds. The summed E-state index contributed by atoms with van der Waals surface area (Å²) in [7, 11) is 0. The molecule has 0 saturated heterocycles. The van der Waals surface area contributed by atoms with Crippen LogP contribution in [0.5, 0.6) is 0 Å². The molecule has 0 saturated carbocycles. The lowest BCUT2D eigenvalue weighted by atomic mass is 10.2. The second-order valence-corrected chi connectivity index (χ2v) is 3.98. The van der Waals surface area contributed by atoms with E-state index in [-0.39, 0.29) is 0 Å². The molecule has 3 rings (SSSR count). The van der Waals surface area contributed by atoms with E-state index in [1.807, 2.05) is 34.9 Å². The van der Waals surface area contributed by atoms with Crippen molar-refractivity contribution in [3.8, 4) is 0 Å². The zero-order chi connectivity index (χ0) is 11.8. The van der Waals surface area contributed by atoms with Gasteiger partial charge in [0.15, 0.2) is 0 Å². The molecule has 4 nitrogen and oxygen atoms in total. The normalized spacial score (nSPS) is 12.7. The van der Waals surface area contributed by atoms with Crippen LogP contribution in [0.15, 0.2) is 41.4 Å². The number of carbonyl (C=O) groups is 1. The molecule has 2 heterocycles. The van der Waals surface area contributed by atoms with Crippen molar-refractivity contribution in [2.75, 3.05) is 0 Å². The van der Waals surface area contributed by atoms with E-state index >= 15 is 0 Å². The summed E-state index contributed by atoms with van der Waals surface area (Å²) in [4.78, 5) is 15.7. The summed E-state index contributed by atoms with van der Waals surface area (Å²) < 4.78 is 1.89. The summed E-state index contributed by atoms with van der Waals surface area (Å²) >= 11 is 0.